The summed E-state index contributed by atoms with van der Waals surface area (Å²) in [5, 5.41) is 7.78. The first-order valence-corrected chi connectivity index (χ1v) is 10.7. The zero-order valence-corrected chi connectivity index (χ0v) is 17.7. The molecule has 1 N–H and O–H groups in total. The second kappa shape index (κ2) is 8.41. The van der Waals surface area contributed by atoms with E-state index in [9.17, 15) is 14.4 Å². The molecule has 1 aliphatic rings. The summed E-state index contributed by atoms with van der Waals surface area (Å²) >= 11 is 7.37. The number of nitrogens with one attached hydrogen (secondary N) is 1. The number of ether oxygens (including phenoxy) is 1. The van der Waals surface area contributed by atoms with Crippen LogP contribution in [0, 0.1) is 0 Å². The predicted molar refractivity (Wildman–Crippen MR) is 115 cm³/mol. The molecule has 1 aliphatic carbocycles. The number of nitrogens with zero attached hydrogens (tertiary/aromatic N) is 2. The van der Waals surface area contributed by atoms with Crippen LogP contribution in [0.3, 0.4) is 0 Å². The number of carbonyl (C=O) groups is 2. The van der Waals surface area contributed by atoms with Crippen molar-refractivity contribution in [2.75, 3.05) is 11.9 Å². The van der Waals surface area contributed by atoms with Gasteiger partial charge in [-0.3, -0.25) is 9.59 Å². The van der Waals surface area contributed by atoms with E-state index >= 15 is 0 Å². The molecule has 0 atom stereocenters. The van der Waals surface area contributed by atoms with Gasteiger partial charge in [-0.1, -0.05) is 17.7 Å². The molecule has 154 valence electrons. The molecular weight excluding hydrogens is 426 g/mol. The molecule has 1 amide bonds. The van der Waals surface area contributed by atoms with Crippen LogP contribution in [0.25, 0.3) is 5.69 Å². The van der Waals surface area contributed by atoms with Crippen molar-refractivity contribution >= 4 is 39.8 Å². The van der Waals surface area contributed by atoms with E-state index in [0.29, 0.717) is 21.3 Å². The van der Waals surface area contributed by atoms with Crippen molar-refractivity contribution in [2.24, 2.45) is 0 Å². The fourth-order valence-corrected chi connectivity index (χ4v) is 4.86. The van der Waals surface area contributed by atoms with E-state index < -0.39 is 17.3 Å². The van der Waals surface area contributed by atoms with Crippen molar-refractivity contribution in [3.63, 3.8) is 0 Å². The number of thiophene rings is 1. The SMILES string of the molecule is CCOC(=O)c1c(NC(=O)c2nn(-c3cccc(Cl)c3)ccc2=O)sc2c1CCC2. The molecule has 0 unspecified atom stereocenters. The molecule has 9 heteroatoms. The summed E-state index contributed by atoms with van der Waals surface area (Å²) in [6.07, 6.45) is 4.05. The monoisotopic (exact) mass is 443 g/mol. The van der Waals surface area contributed by atoms with Crippen LogP contribution in [-0.4, -0.2) is 28.3 Å². The van der Waals surface area contributed by atoms with E-state index in [0.717, 1.165) is 29.7 Å². The first-order valence-electron chi connectivity index (χ1n) is 9.47. The zero-order chi connectivity index (χ0) is 21.3. The Morgan fingerprint density at radius 1 is 1.30 bits per heavy atom. The van der Waals surface area contributed by atoms with Crippen LogP contribution in [0.1, 0.15) is 44.6 Å². The number of hydrogen-bond acceptors (Lipinski definition) is 6. The molecule has 4 rings (SSSR count). The van der Waals surface area contributed by atoms with Gasteiger partial charge < -0.3 is 10.1 Å². The summed E-state index contributed by atoms with van der Waals surface area (Å²) in [6.45, 7) is 1.97. The lowest BCUT2D eigenvalue weighted by Gasteiger charge is -2.09. The van der Waals surface area contributed by atoms with Gasteiger partial charge in [0.1, 0.15) is 5.00 Å². The van der Waals surface area contributed by atoms with Crippen molar-refractivity contribution in [3.05, 3.63) is 73.5 Å². The van der Waals surface area contributed by atoms with Crippen molar-refractivity contribution in [2.45, 2.75) is 26.2 Å². The van der Waals surface area contributed by atoms with Crippen molar-refractivity contribution in [3.8, 4) is 5.69 Å². The highest BCUT2D eigenvalue weighted by Gasteiger charge is 2.29. The van der Waals surface area contributed by atoms with Crippen LogP contribution in [0.5, 0.6) is 0 Å². The summed E-state index contributed by atoms with van der Waals surface area (Å²) < 4.78 is 6.58. The van der Waals surface area contributed by atoms with Gasteiger partial charge >= 0.3 is 5.97 Å². The standard InChI is InChI=1S/C21H18ClN3O4S/c1-2-29-21(28)17-14-7-4-8-16(14)30-20(17)23-19(27)18-15(26)9-10-25(24-18)13-6-3-5-12(22)11-13/h3,5-6,9-11H,2,4,7-8H2,1H3,(H,23,27). The normalized spacial score (nSPS) is 12.5. The van der Waals surface area contributed by atoms with Crippen LogP contribution in [0.15, 0.2) is 41.3 Å². The first-order chi connectivity index (χ1) is 14.5. The summed E-state index contributed by atoms with van der Waals surface area (Å²) in [6, 6.07) is 8.16. The van der Waals surface area contributed by atoms with E-state index in [1.807, 2.05) is 0 Å². The van der Waals surface area contributed by atoms with Gasteiger partial charge in [-0.25, -0.2) is 9.48 Å². The van der Waals surface area contributed by atoms with Gasteiger partial charge in [0.15, 0.2) is 5.69 Å². The van der Waals surface area contributed by atoms with Gasteiger partial charge in [0, 0.05) is 22.2 Å². The quantitative estimate of drug-likeness (QED) is 0.604. The number of aromatic nitrogens is 2. The Balaban J connectivity index is 1.68. The van der Waals surface area contributed by atoms with E-state index in [2.05, 4.69) is 10.4 Å². The van der Waals surface area contributed by atoms with Crippen LogP contribution < -0.4 is 10.7 Å². The number of amides is 1. The Bertz CT molecular complexity index is 1200. The Kier molecular flexibility index (Phi) is 5.69. The number of fused-ring (bicyclic) bond motifs is 1. The topological polar surface area (TPSA) is 90.3 Å². The average Bonchev–Trinajstić information content (AvgIpc) is 3.29. The number of anilines is 1. The molecule has 30 heavy (non-hydrogen) atoms. The van der Waals surface area contributed by atoms with E-state index in [1.165, 1.54) is 28.3 Å². The molecule has 0 fully saturated rings. The average molecular weight is 444 g/mol. The summed E-state index contributed by atoms with van der Waals surface area (Å²) in [7, 11) is 0. The number of rotatable bonds is 5. The molecule has 7 nitrogen and oxygen atoms in total. The lowest BCUT2D eigenvalue weighted by molar-refractivity contribution is 0.0527. The minimum Gasteiger partial charge on any atom is -0.462 e. The third kappa shape index (κ3) is 3.88. The van der Waals surface area contributed by atoms with E-state index in [-0.39, 0.29) is 12.3 Å². The van der Waals surface area contributed by atoms with Gasteiger partial charge in [0.05, 0.1) is 17.9 Å². The fraction of sp³-hybridized carbons (Fsp3) is 0.238. The molecule has 0 saturated heterocycles. The van der Waals surface area contributed by atoms with Crippen LogP contribution >= 0.6 is 22.9 Å². The molecule has 1 aromatic carbocycles. The van der Waals surface area contributed by atoms with Crippen molar-refractivity contribution in [1.82, 2.24) is 9.78 Å². The molecule has 2 heterocycles. The molecule has 2 aromatic heterocycles. The third-order valence-corrected chi connectivity index (χ3v) is 6.17. The fourth-order valence-electron chi connectivity index (χ4n) is 3.40. The molecular formula is C21H18ClN3O4S. The number of esters is 1. The highest BCUT2D eigenvalue weighted by Crippen LogP contribution is 2.39. The Morgan fingerprint density at radius 2 is 2.13 bits per heavy atom. The first kappa shape index (κ1) is 20.3. The minimum atomic E-state index is -0.679. The number of benzene rings is 1. The summed E-state index contributed by atoms with van der Waals surface area (Å²) in [4.78, 5) is 38.7. The highest BCUT2D eigenvalue weighted by atomic mass is 35.5. The predicted octanol–water partition coefficient (Wildman–Crippen LogP) is 3.87. The molecule has 0 aliphatic heterocycles. The van der Waals surface area contributed by atoms with Crippen molar-refractivity contribution in [1.29, 1.82) is 0 Å². The molecule has 3 aromatic rings. The number of aryl methyl sites for hydroxylation is 1. The number of carbonyl (C=O) groups excluding carboxylic acids is 2. The largest absolute Gasteiger partial charge is 0.462 e. The van der Waals surface area contributed by atoms with Crippen LogP contribution in [0.2, 0.25) is 5.02 Å². The maximum Gasteiger partial charge on any atom is 0.341 e. The third-order valence-electron chi connectivity index (χ3n) is 4.72. The Labute approximate surface area is 181 Å². The molecule has 0 spiro atoms. The maximum absolute atomic E-state index is 12.9. The van der Waals surface area contributed by atoms with Crippen LogP contribution in [0.4, 0.5) is 5.00 Å². The summed E-state index contributed by atoms with van der Waals surface area (Å²) in [5.41, 5.74) is 1.12. The van der Waals surface area contributed by atoms with Gasteiger partial charge in [0.25, 0.3) is 5.91 Å². The van der Waals surface area contributed by atoms with Crippen molar-refractivity contribution < 1.29 is 14.3 Å². The lowest BCUT2D eigenvalue weighted by atomic mass is 10.1. The van der Waals surface area contributed by atoms with E-state index in [1.54, 1.807) is 31.2 Å². The maximum atomic E-state index is 12.9. The molecule has 0 saturated carbocycles. The zero-order valence-electron chi connectivity index (χ0n) is 16.1. The second-order valence-electron chi connectivity index (χ2n) is 6.69. The number of halogens is 1. The lowest BCUT2D eigenvalue weighted by Crippen LogP contribution is -2.26. The van der Waals surface area contributed by atoms with E-state index in [4.69, 9.17) is 16.3 Å². The van der Waals surface area contributed by atoms with Gasteiger partial charge in [-0.2, -0.15) is 5.10 Å². The highest BCUT2D eigenvalue weighted by molar-refractivity contribution is 7.17. The smallest absolute Gasteiger partial charge is 0.341 e. The second-order valence-corrected chi connectivity index (χ2v) is 8.23. The van der Waals surface area contributed by atoms with Crippen LogP contribution in [-0.2, 0) is 17.6 Å². The Morgan fingerprint density at radius 3 is 2.90 bits per heavy atom. The molecule has 0 bridgehead atoms. The van der Waals surface area contributed by atoms with Gasteiger partial charge in [-0.15, -0.1) is 11.3 Å². The summed E-state index contributed by atoms with van der Waals surface area (Å²) in [5.74, 6) is -1.15. The van der Waals surface area contributed by atoms with Gasteiger partial charge in [-0.05, 0) is 49.9 Å². The molecule has 0 radical (unpaired) electrons. The Hall–Kier alpha value is -2.97. The van der Waals surface area contributed by atoms with Gasteiger partial charge in [0.2, 0.25) is 5.43 Å². The minimum absolute atomic E-state index is 0.238. The number of hydrogen-bond donors (Lipinski definition) is 1.